The number of benzene rings is 2. The van der Waals surface area contributed by atoms with E-state index in [1.165, 1.54) is 6.92 Å². The highest BCUT2D eigenvalue weighted by Gasteiger charge is 2.41. The molecule has 13 heteroatoms. The van der Waals surface area contributed by atoms with Gasteiger partial charge in [0.25, 0.3) is 5.92 Å². The molecule has 0 aliphatic heterocycles. The van der Waals surface area contributed by atoms with Crippen LogP contribution in [0.2, 0.25) is 15.1 Å². The lowest BCUT2D eigenvalue weighted by Crippen LogP contribution is -2.32. The predicted octanol–water partition coefficient (Wildman–Crippen LogP) is 10.5. The Balaban J connectivity index is 2.57. The zero-order valence-electron chi connectivity index (χ0n) is 20.0. The summed E-state index contributed by atoms with van der Waals surface area (Å²) in [6, 6.07) is 4.35. The SMILES string of the molecule is C=C(C(C)c1ccc(/C(F)=C/C(c2cc(Cl)c(Cl)c(Cl)c2)C(F)(F)F)cc1C(C)(F)F)N(C)CC(F)(F)F. The summed E-state index contributed by atoms with van der Waals surface area (Å²) in [5.74, 6) is -8.73. The van der Waals surface area contributed by atoms with E-state index in [1.54, 1.807) is 0 Å². The number of alkyl halides is 8. The summed E-state index contributed by atoms with van der Waals surface area (Å²) in [6.45, 7) is 3.98. The van der Waals surface area contributed by atoms with Crippen LogP contribution in [-0.2, 0) is 5.92 Å². The van der Waals surface area contributed by atoms with Gasteiger partial charge in [-0.25, -0.2) is 13.2 Å². The zero-order valence-corrected chi connectivity index (χ0v) is 22.3. The topological polar surface area (TPSA) is 3.24 Å². The van der Waals surface area contributed by atoms with Crippen LogP contribution in [0.1, 0.15) is 47.9 Å². The molecule has 38 heavy (non-hydrogen) atoms. The van der Waals surface area contributed by atoms with Gasteiger partial charge in [0.05, 0.1) is 15.1 Å². The maximum Gasteiger partial charge on any atom is 0.405 e. The van der Waals surface area contributed by atoms with Crippen molar-refractivity contribution in [3.8, 4) is 0 Å². The minimum Gasteiger partial charge on any atom is -0.369 e. The maximum absolute atomic E-state index is 15.1. The average Bonchev–Trinajstić information content (AvgIpc) is 2.76. The first-order valence-corrected chi connectivity index (χ1v) is 11.8. The lowest BCUT2D eigenvalue weighted by molar-refractivity contribution is -0.140. The maximum atomic E-state index is 15.1. The fourth-order valence-corrected chi connectivity index (χ4v) is 4.33. The van der Waals surface area contributed by atoms with Crippen LogP contribution in [0.15, 0.2) is 48.7 Å². The lowest BCUT2D eigenvalue weighted by atomic mass is 9.88. The molecular weight excluding hydrogens is 592 g/mol. The highest BCUT2D eigenvalue weighted by Crippen LogP contribution is 2.43. The molecule has 0 aromatic heterocycles. The van der Waals surface area contributed by atoms with Gasteiger partial charge >= 0.3 is 12.4 Å². The van der Waals surface area contributed by atoms with E-state index in [1.807, 2.05) is 0 Å². The highest BCUT2D eigenvalue weighted by atomic mass is 35.5. The van der Waals surface area contributed by atoms with Gasteiger partial charge in [0.15, 0.2) is 0 Å². The summed E-state index contributed by atoms with van der Waals surface area (Å²) in [4.78, 5) is 0.743. The molecule has 0 radical (unpaired) electrons. The molecule has 0 fully saturated rings. The molecule has 0 aliphatic rings. The molecule has 2 aromatic rings. The van der Waals surface area contributed by atoms with Gasteiger partial charge in [-0.15, -0.1) is 0 Å². The van der Waals surface area contributed by atoms with Crippen molar-refractivity contribution in [3.63, 3.8) is 0 Å². The molecule has 0 bridgehead atoms. The van der Waals surface area contributed by atoms with Crippen molar-refractivity contribution in [2.45, 2.75) is 44.0 Å². The van der Waals surface area contributed by atoms with Gasteiger partial charge < -0.3 is 4.90 Å². The number of likely N-dealkylation sites (N-methyl/N-ethyl adjacent to an activating group) is 1. The van der Waals surface area contributed by atoms with E-state index in [2.05, 4.69) is 6.58 Å². The van der Waals surface area contributed by atoms with E-state index in [0.717, 1.165) is 36.2 Å². The molecule has 2 aromatic carbocycles. The van der Waals surface area contributed by atoms with Crippen LogP contribution in [0.4, 0.5) is 39.5 Å². The molecule has 0 saturated carbocycles. The largest absolute Gasteiger partial charge is 0.405 e. The first-order chi connectivity index (χ1) is 17.1. The van der Waals surface area contributed by atoms with Gasteiger partial charge in [0, 0.05) is 36.7 Å². The van der Waals surface area contributed by atoms with Crippen LogP contribution in [0.25, 0.3) is 5.83 Å². The second-order valence-electron chi connectivity index (χ2n) is 8.71. The van der Waals surface area contributed by atoms with Gasteiger partial charge in [0.2, 0.25) is 0 Å². The zero-order chi connectivity index (χ0) is 29.4. The molecule has 1 nitrogen and oxygen atoms in total. The molecule has 0 aliphatic carbocycles. The molecule has 2 atom stereocenters. The van der Waals surface area contributed by atoms with Crippen LogP contribution in [0.5, 0.6) is 0 Å². The highest BCUT2D eigenvalue weighted by molar-refractivity contribution is 6.48. The van der Waals surface area contributed by atoms with Gasteiger partial charge in [-0.05, 0) is 35.4 Å². The Labute approximate surface area is 228 Å². The third-order valence-electron chi connectivity index (χ3n) is 5.71. The minimum atomic E-state index is -5.02. The Morgan fingerprint density at radius 1 is 0.974 bits per heavy atom. The van der Waals surface area contributed by atoms with Gasteiger partial charge in [-0.1, -0.05) is 60.4 Å². The van der Waals surface area contributed by atoms with E-state index < -0.39 is 59.2 Å². The Hall–Kier alpha value is -2.04. The van der Waals surface area contributed by atoms with Crippen molar-refractivity contribution in [1.29, 1.82) is 0 Å². The molecule has 0 N–H and O–H groups in total. The third kappa shape index (κ3) is 7.99. The molecule has 0 heterocycles. The first kappa shape index (κ1) is 32.2. The van der Waals surface area contributed by atoms with Crippen molar-refractivity contribution < 1.29 is 39.5 Å². The van der Waals surface area contributed by atoms with Crippen molar-refractivity contribution in [2.24, 2.45) is 0 Å². The number of rotatable bonds is 8. The third-order valence-corrected chi connectivity index (χ3v) is 6.90. The predicted molar refractivity (Wildman–Crippen MR) is 132 cm³/mol. The summed E-state index contributed by atoms with van der Waals surface area (Å²) >= 11 is 17.4. The molecule has 210 valence electrons. The number of halogens is 12. The normalized spacial score (nSPS) is 14.9. The minimum absolute atomic E-state index is 0.148. The lowest BCUT2D eigenvalue weighted by Gasteiger charge is -2.29. The second kappa shape index (κ2) is 11.6. The van der Waals surface area contributed by atoms with Crippen LogP contribution in [-0.4, -0.2) is 30.8 Å². The number of hydrogen-bond acceptors (Lipinski definition) is 1. The van der Waals surface area contributed by atoms with Crippen molar-refractivity contribution in [3.05, 3.63) is 86.0 Å². The Kier molecular flexibility index (Phi) is 9.82. The Morgan fingerprint density at radius 2 is 1.50 bits per heavy atom. The van der Waals surface area contributed by atoms with Gasteiger partial charge in [-0.3, -0.25) is 0 Å². The van der Waals surface area contributed by atoms with Crippen LogP contribution in [0.3, 0.4) is 0 Å². The molecule has 0 saturated heterocycles. The summed E-state index contributed by atoms with van der Waals surface area (Å²) in [5.41, 5.74) is -2.25. The molecule has 0 amide bonds. The second-order valence-corrected chi connectivity index (χ2v) is 9.90. The van der Waals surface area contributed by atoms with Gasteiger partial charge in [0.1, 0.15) is 18.3 Å². The summed E-state index contributed by atoms with van der Waals surface area (Å²) < 4.78 is 124. The molecule has 2 rings (SSSR count). The van der Waals surface area contributed by atoms with Crippen LogP contribution >= 0.6 is 34.8 Å². The summed E-state index contributed by atoms with van der Waals surface area (Å²) in [5, 5.41) is -0.817. The fourth-order valence-electron chi connectivity index (χ4n) is 3.72. The standard InChI is InChI=1S/C25H21Cl3F9N/c1-12(13(2)38(4)11-24(32,33)34)16-6-5-14(7-18(16)23(3,30)31)21(29)10-17(25(35,36)37)15-8-19(26)22(28)20(27)9-15/h5-10,12,17H,2,11H2,1,3-4H3/b21-10-. The van der Waals surface area contributed by atoms with Crippen molar-refractivity contribution >= 4 is 40.6 Å². The fraction of sp³-hybridized carbons (Fsp3) is 0.360. The molecule has 2 unspecified atom stereocenters. The van der Waals surface area contributed by atoms with E-state index >= 15 is 4.39 Å². The van der Waals surface area contributed by atoms with E-state index in [0.29, 0.717) is 13.0 Å². The van der Waals surface area contributed by atoms with E-state index in [9.17, 15) is 35.1 Å². The van der Waals surface area contributed by atoms with Crippen LogP contribution in [0, 0.1) is 0 Å². The molecular formula is C25H21Cl3F9N. The number of allylic oxidation sites excluding steroid dienone is 2. The van der Waals surface area contributed by atoms with Crippen LogP contribution < -0.4 is 0 Å². The molecule has 0 spiro atoms. The summed E-state index contributed by atoms with van der Waals surface area (Å²) in [6.07, 6.45) is -9.42. The monoisotopic (exact) mass is 611 g/mol. The Bertz CT molecular complexity index is 1190. The van der Waals surface area contributed by atoms with Crippen molar-refractivity contribution in [2.75, 3.05) is 13.6 Å². The van der Waals surface area contributed by atoms with Gasteiger partial charge in [-0.2, -0.15) is 26.3 Å². The van der Waals surface area contributed by atoms with Crippen molar-refractivity contribution in [1.82, 2.24) is 4.90 Å². The smallest absolute Gasteiger partial charge is 0.369 e. The quantitative estimate of drug-likeness (QED) is 0.212. The summed E-state index contributed by atoms with van der Waals surface area (Å²) in [7, 11) is 1.08. The first-order valence-electron chi connectivity index (χ1n) is 10.7. The Morgan fingerprint density at radius 3 is 1.95 bits per heavy atom. The number of nitrogens with zero attached hydrogens (tertiary/aromatic N) is 1. The number of hydrogen-bond donors (Lipinski definition) is 0. The average molecular weight is 613 g/mol. The van der Waals surface area contributed by atoms with E-state index in [-0.39, 0.29) is 32.4 Å². The van der Waals surface area contributed by atoms with E-state index in [4.69, 9.17) is 34.8 Å².